The molecule has 0 heterocycles. The summed E-state index contributed by atoms with van der Waals surface area (Å²) in [6.07, 6.45) is 2.29. The molecule has 0 aliphatic heterocycles. The van der Waals surface area contributed by atoms with Crippen LogP contribution in [0.25, 0.3) is 0 Å². The summed E-state index contributed by atoms with van der Waals surface area (Å²) in [6.45, 7) is 5.63. The molecule has 7 heteroatoms. The zero-order valence-electron chi connectivity index (χ0n) is 15.1. The Kier molecular flexibility index (Phi) is 7.31. The van der Waals surface area contributed by atoms with E-state index in [0.717, 1.165) is 5.56 Å². The lowest BCUT2D eigenvalue weighted by Crippen LogP contribution is -2.63. The third kappa shape index (κ3) is 5.12. The number of hydrogen-bond donors (Lipinski definition) is 2. The third-order valence-corrected chi connectivity index (χ3v) is 6.66. The van der Waals surface area contributed by atoms with E-state index < -0.39 is 38.1 Å². The normalized spacial score (nSPS) is 14.3. The lowest BCUT2D eigenvalue weighted by atomic mass is 9.91. The van der Waals surface area contributed by atoms with Gasteiger partial charge < -0.3 is 11.5 Å². The smallest absolute Gasteiger partial charge is 0.246 e. The lowest BCUT2D eigenvalue weighted by Gasteiger charge is -2.27. The lowest BCUT2D eigenvalue weighted by molar-refractivity contribution is -0.120. The molecule has 1 atom stereocenters. The molecule has 0 radical (unpaired) electrons. The predicted molar refractivity (Wildman–Crippen MR) is 99.0 cm³/mol. The van der Waals surface area contributed by atoms with Crippen LogP contribution >= 0.6 is 0 Å². The summed E-state index contributed by atoms with van der Waals surface area (Å²) in [5, 5.41) is -0.629. The number of ketones is 1. The van der Waals surface area contributed by atoms with E-state index in [4.69, 9.17) is 11.5 Å². The van der Waals surface area contributed by atoms with E-state index in [-0.39, 0.29) is 5.56 Å². The summed E-state index contributed by atoms with van der Waals surface area (Å²) in [6, 6.07) is 6.43. The number of benzene rings is 1. The molecular weight excluding hydrogens is 340 g/mol. The van der Waals surface area contributed by atoms with Crippen molar-refractivity contribution in [1.82, 2.24) is 0 Å². The number of Topliss-reactive ketones (excluding diaryl/α,β-unsaturated/α-hetero) is 1. The molecule has 0 saturated heterocycles. The number of hydrogen-bond acceptors (Lipinski definition) is 5. The van der Waals surface area contributed by atoms with Gasteiger partial charge >= 0.3 is 0 Å². The number of carbonyl (C=O) groups excluding carboxylic acids is 2. The van der Waals surface area contributed by atoms with Crippen molar-refractivity contribution < 1.29 is 18.0 Å². The highest BCUT2D eigenvalue weighted by Gasteiger charge is 2.46. The average molecular weight is 368 g/mol. The van der Waals surface area contributed by atoms with Crippen molar-refractivity contribution in [2.45, 2.75) is 57.2 Å². The molecule has 0 aliphatic rings. The molecule has 1 amide bonds. The SMILES string of the molecule is CCCC(CCC)S(=O)(=O)C[C@](N)(C(N)=O)C(=O)c1ccc(C)cc1. The first-order valence-electron chi connectivity index (χ1n) is 8.50. The first kappa shape index (κ1) is 21.3. The molecule has 0 fully saturated rings. The van der Waals surface area contributed by atoms with Gasteiger partial charge in [-0.25, -0.2) is 8.42 Å². The molecule has 1 rings (SSSR count). The van der Waals surface area contributed by atoms with Crippen molar-refractivity contribution in [2.24, 2.45) is 11.5 Å². The fourth-order valence-electron chi connectivity index (χ4n) is 2.79. The molecule has 0 unspecified atom stereocenters. The molecular formula is C18H28N2O4S. The highest BCUT2D eigenvalue weighted by atomic mass is 32.2. The maximum atomic E-state index is 12.8. The van der Waals surface area contributed by atoms with Gasteiger partial charge in [-0.3, -0.25) is 9.59 Å². The number of rotatable bonds is 10. The van der Waals surface area contributed by atoms with Crippen LogP contribution in [0.1, 0.15) is 55.5 Å². The van der Waals surface area contributed by atoms with Crippen LogP contribution < -0.4 is 11.5 Å². The van der Waals surface area contributed by atoms with E-state index in [9.17, 15) is 18.0 Å². The Morgan fingerprint density at radius 2 is 1.56 bits per heavy atom. The molecule has 0 saturated carbocycles. The molecule has 1 aromatic rings. The fourth-order valence-corrected chi connectivity index (χ4v) is 5.13. The van der Waals surface area contributed by atoms with E-state index >= 15 is 0 Å². The van der Waals surface area contributed by atoms with Gasteiger partial charge in [0.25, 0.3) is 0 Å². The standard InChI is InChI=1S/C18H28N2O4S/c1-4-6-15(7-5-2)25(23,24)12-18(20,17(19)22)16(21)14-10-8-13(3)9-11-14/h8-11,15H,4-7,12,20H2,1-3H3,(H2,19,22)/t18-/m1/s1. The molecule has 25 heavy (non-hydrogen) atoms. The van der Waals surface area contributed by atoms with E-state index in [1.807, 2.05) is 20.8 Å². The molecule has 6 nitrogen and oxygen atoms in total. The Balaban J connectivity index is 3.22. The van der Waals surface area contributed by atoms with Gasteiger partial charge in [-0.15, -0.1) is 0 Å². The van der Waals surface area contributed by atoms with Gasteiger partial charge in [0.1, 0.15) is 0 Å². The zero-order valence-corrected chi connectivity index (χ0v) is 15.9. The summed E-state index contributed by atoms with van der Waals surface area (Å²) < 4.78 is 25.6. The highest BCUT2D eigenvalue weighted by Crippen LogP contribution is 2.22. The van der Waals surface area contributed by atoms with Crippen LogP contribution in [-0.2, 0) is 14.6 Å². The molecule has 0 bridgehead atoms. The maximum Gasteiger partial charge on any atom is 0.246 e. The van der Waals surface area contributed by atoms with Gasteiger partial charge in [0.15, 0.2) is 21.2 Å². The summed E-state index contributed by atoms with van der Waals surface area (Å²) in [5.41, 5.74) is 10.1. The van der Waals surface area contributed by atoms with Gasteiger partial charge in [0.05, 0.1) is 11.0 Å². The van der Waals surface area contributed by atoms with E-state index in [0.29, 0.717) is 25.7 Å². The molecule has 0 aliphatic carbocycles. The Labute approximate surface area is 149 Å². The average Bonchev–Trinajstić information content (AvgIpc) is 2.54. The first-order chi connectivity index (χ1) is 11.6. The van der Waals surface area contributed by atoms with Crippen molar-refractivity contribution in [3.05, 3.63) is 35.4 Å². The van der Waals surface area contributed by atoms with Crippen LogP contribution in [0, 0.1) is 6.92 Å². The van der Waals surface area contributed by atoms with Crippen LogP contribution in [0.5, 0.6) is 0 Å². The summed E-state index contributed by atoms with van der Waals surface area (Å²) in [5.74, 6) is -2.67. The highest BCUT2D eigenvalue weighted by molar-refractivity contribution is 7.92. The second-order valence-electron chi connectivity index (χ2n) is 6.54. The monoisotopic (exact) mass is 368 g/mol. The molecule has 140 valence electrons. The van der Waals surface area contributed by atoms with Gasteiger partial charge in [0.2, 0.25) is 5.91 Å². The fraction of sp³-hybridized carbons (Fsp3) is 0.556. The minimum absolute atomic E-state index is 0.171. The Morgan fingerprint density at radius 1 is 1.08 bits per heavy atom. The van der Waals surface area contributed by atoms with Gasteiger partial charge in [-0.2, -0.15) is 0 Å². The van der Waals surface area contributed by atoms with E-state index in [1.54, 1.807) is 12.1 Å². The van der Waals surface area contributed by atoms with Gasteiger partial charge in [0, 0.05) is 5.56 Å². The molecule has 0 spiro atoms. The maximum absolute atomic E-state index is 12.8. The topological polar surface area (TPSA) is 120 Å². The van der Waals surface area contributed by atoms with Crippen LogP contribution in [0.3, 0.4) is 0 Å². The van der Waals surface area contributed by atoms with E-state index in [1.165, 1.54) is 12.1 Å². The number of primary amides is 1. The number of nitrogens with two attached hydrogens (primary N) is 2. The second kappa shape index (κ2) is 8.58. The Hall–Kier alpha value is -1.73. The molecule has 4 N–H and O–H groups in total. The Morgan fingerprint density at radius 3 is 1.96 bits per heavy atom. The largest absolute Gasteiger partial charge is 0.368 e. The number of carbonyl (C=O) groups is 2. The summed E-state index contributed by atoms with van der Waals surface area (Å²) >= 11 is 0. The van der Waals surface area contributed by atoms with Crippen LogP contribution in [0.15, 0.2) is 24.3 Å². The quantitative estimate of drug-likeness (QED) is 0.481. The van der Waals surface area contributed by atoms with E-state index in [2.05, 4.69) is 0 Å². The Bertz CT molecular complexity index is 707. The summed E-state index contributed by atoms with van der Waals surface area (Å²) in [7, 11) is -3.76. The minimum Gasteiger partial charge on any atom is -0.368 e. The van der Waals surface area contributed by atoms with Crippen molar-refractivity contribution in [3.8, 4) is 0 Å². The molecule has 1 aromatic carbocycles. The molecule has 0 aromatic heterocycles. The van der Waals surface area contributed by atoms with Crippen LogP contribution in [-0.4, -0.2) is 36.6 Å². The third-order valence-electron chi connectivity index (χ3n) is 4.32. The van der Waals surface area contributed by atoms with Crippen molar-refractivity contribution in [1.29, 1.82) is 0 Å². The number of aryl methyl sites for hydroxylation is 1. The van der Waals surface area contributed by atoms with Crippen LogP contribution in [0.4, 0.5) is 0 Å². The second-order valence-corrected chi connectivity index (χ2v) is 8.82. The van der Waals surface area contributed by atoms with Gasteiger partial charge in [-0.1, -0.05) is 56.5 Å². The van der Waals surface area contributed by atoms with Gasteiger partial charge in [-0.05, 0) is 19.8 Å². The van der Waals surface area contributed by atoms with Crippen molar-refractivity contribution in [3.63, 3.8) is 0 Å². The number of sulfone groups is 1. The predicted octanol–water partition coefficient (Wildman–Crippen LogP) is 1.74. The van der Waals surface area contributed by atoms with Crippen molar-refractivity contribution >= 4 is 21.5 Å². The zero-order chi connectivity index (χ0) is 19.3. The first-order valence-corrected chi connectivity index (χ1v) is 10.2. The van der Waals surface area contributed by atoms with Crippen LogP contribution in [0.2, 0.25) is 0 Å². The summed E-state index contributed by atoms with van der Waals surface area (Å²) in [4.78, 5) is 24.7. The van der Waals surface area contributed by atoms with Crippen molar-refractivity contribution in [2.75, 3.05) is 5.75 Å². The minimum atomic E-state index is -3.76. The number of amides is 1.